The lowest BCUT2D eigenvalue weighted by Crippen LogP contribution is -2.50. The average molecular weight is 782 g/mol. The molecule has 57 heavy (non-hydrogen) atoms. The SMILES string of the molecule is CCn1nc(C)cc1C(=O)Nc1nc2cc(C(N)=O)cc(OCCCN3CCN(C(=O)C(C)C)CC3)c2n1C/C=C/Cn1c(NC)nc2cc(C=O)cc(OC)c21. The molecule has 17 nitrogen and oxygen atoms in total. The lowest BCUT2D eigenvalue weighted by atomic mass is 10.1. The van der Waals surface area contributed by atoms with E-state index in [0.717, 1.165) is 31.4 Å². The summed E-state index contributed by atoms with van der Waals surface area (Å²) in [7, 11) is 3.32. The molecule has 3 aromatic heterocycles. The Morgan fingerprint density at radius 1 is 0.930 bits per heavy atom. The summed E-state index contributed by atoms with van der Waals surface area (Å²) < 4.78 is 17.4. The molecule has 17 heteroatoms. The van der Waals surface area contributed by atoms with Crippen molar-refractivity contribution in [3.63, 3.8) is 0 Å². The highest BCUT2D eigenvalue weighted by atomic mass is 16.5. The topological polar surface area (TPSA) is 197 Å². The summed E-state index contributed by atoms with van der Waals surface area (Å²) in [6.07, 6.45) is 5.34. The highest BCUT2D eigenvalue weighted by Crippen LogP contribution is 2.33. The molecule has 0 bridgehead atoms. The van der Waals surface area contributed by atoms with Crippen molar-refractivity contribution in [2.24, 2.45) is 11.7 Å². The molecule has 3 amide bonds. The van der Waals surface area contributed by atoms with Crippen LogP contribution in [0.15, 0.2) is 42.5 Å². The molecule has 0 unspecified atom stereocenters. The van der Waals surface area contributed by atoms with Crippen LogP contribution in [0.3, 0.4) is 0 Å². The summed E-state index contributed by atoms with van der Waals surface area (Å²) in [5.74, 6) is 0.868. The number of aryl methyl sites for hydroxylation is 2. The Morgan fingerprint density at radius 3 is 2.23 bits per heavy atom. The first-order valence-corrected chi connectivity index (χ1v) is 19.2. The first-order chi connectivity index (χ1) is 27.5. The molecule has 0 aliphatic carbocycles. The predicted octanol–water partition coefficient (Wildman–Crippen LogP) is 3.95. The lowest BCUT2D eigenvalue weighted by molar-refractivity contribution is -0.136. The molecule has 1 fully saturated rings. The Labute approximate surface area is 330 Å². The van der Waals surface area contributed by atoms with E-state index in [1.807, 2.05) is 53.9 Å². The second kappa shape index (κ2) is 17.7. The maximum atomic E-state index is 13.7. The van der Waals surface area contributed by atoms with Crippen molar-refractivity contribution in [2.45, 2.75) is 53.8 Å². The number of amides is 3. The minimum absolute atomic E-state index is 0.0223. The van der Waals surface area contributed by atoms with E-state index in [4.69, 9.17) is 20.2 Å². The fourth-order valence-corrected chi connectivity index (χ4v) is 7.12. The van der Waals surface area contributed by atoms with Crippen LogP contribution in [-0.4, -0.2) is 116 Å². The second-order valence-corrected chi connectivity index (χ2v) is 14.2. The van der Waals surface area contributed by atoms with E-state index in [1.54, 1.807) is 49.2 Å². The molecule has 302 valence electrons. The Bertz CT molecular complexity index is 2310. The van der Waals surface area contributed by atoms with Gasteiger partial charge in [0.25, 0.3) is 5.91 Å². The van der Waals surface area contributed by atoms with E-state index < -0.39 is 11.8 Å². The number of benzene rings is 2. The molecule has 4 heterocycles. The largest absolute Gasteiger partial charge is 0.494 e. The standard InChI is InChI=1S/C40H51N11O6/c1-7-51-31(19-26(4)46-51)37(54)45-40-44-30-22-28(36(41)53)23-33(57-18-10-11-47-14-16-48(17-15-47)38(55)25(2)3)35(30)50(40)13-9-8-12-49-34-29(43-39(49)42-5)20-27(24-52)21-32(34)56-6/h8-9,19-25H,7,10-18H2,1-6H3,(H2,41,53)(H,42,43)(H,44,45,54)/b9-8+. The van der Waals surface area contributed by atoms with E-state index >= 15 is 0 Å². The summed E-state index contributed by atoms with van der Waals surface area (Å²) in [5, 5.41) is 10.5. The van der Waals surface area contributed by atoms with Crippen LogP contribution in [0.2, 0.25) is 0 Å². The number of hydrogen-bond acceptors (Lipinski definition) is 11. The van der Waals surface area contributed by atoms with Gasteiger partial charge in [-0.25, -0.2) is 9.97 Å². The van der Waals surface area contributed by atoms with Gasteiger partial charge in [-0.15, -0.1) is 0 Å². The molecule has 0 atom stereocenters. The minimum Gasteiger partial charge on any atom is -0.494 e. The third-order valence-electron chi connectivity index (χ3n) is 9.96. The van der Waals surface area contributed by atoms with Crippen molar-refractivity contribution in [1.82, 2.24) is 38.7 Å². The number of allylic oxidation sites excluding steroid dienone is 2. The molecule has 6 rings (SSSR count). The molecule has 2 aromatic carbocycles. The number of fused-ring (bicyclic) bond motifs is 2. The van der Waals surface area contributed by atoms with Crippen molar-refractivity contribution < 1.29 is 28.7 Å². The Hall–Kier alpha value is -6.23. The molecule has 0 spiro atoms. The maximum Gasteiger partial charge on any atom is 0.276 e. The van der Waals surface area contributed by atoms with Crippen LogP contribution in [0.25, 0.3) is 22.1 Å². The van der Waals surface area contributed by atoms with Crippen LogP contribution >= 0.6 is 0 Å². The van der Waals surface area contributed by atoms with Gasteiger partial charge in [-0.2, -0.15) is 5.10 Å². The van der Waals surface area contributed by atoms with E-state index in [2.05, 4.69) is 25.6 Å². The fraction of sp³-hybridized carbons (Fsp3) is 0.425. The number of aldehydes is 1. The molecule has 1 saturated heterocycles. The molecule has 5 aromatic rings. The Balaban J connectivity index is 1.29. The van der Waals surface area contributed by atoms with Crippen molar-refractivity contribution in [3.05, 3.63) is 65.0 Å². The summed E-state index contributed by atoms with van der Waals surface area (Å²) >= 11 is 0. The number of methoxy groups -OCH3 is 1. The van der Waals surface area contributed by atoms with Crippen LogP contribution in [-0.2, 0) is 24.4 Å². The molecular weight excluding hydrogens is 731 g/mol. The number of primary amides is 1. The van der Waals surface area contributed by atoms with Crippen molar-refractivity contribution in [3.8, 4) is 11.5 Å². The normalized spacial score (nSPS) is 13.6. The monoisotopic (exact) mass is 781 g/mol. The first kappa shape index (κ1) is 40.4. The number of nitrogens with two attached hydrogens (primary N) is 1. The van der Waals surface area contributed by atoms with Crippen molar-refractivity contribution in [2.75, 3.05) is 64.1 Å². The van der Waals surface area contributed by atoms with Gasteiger partial charge in [0.15, 0.2) is 0 Å². The van der Waals surface area contributed by atoms with Gasteiger partial charge in [0.1, 0.15) is 34.5 Å². The number of piperazine rings is 1. The predicted molar refractivity (Wildman–Crippen MR) is 217 cm³/mol. The van der Waals surface area contributed by atoms with E-state index in [-0.39, 0.29) is 29.9 Å². The number of anilines is 2. The zero-order chi connectivity index (χ0) is 40.8. The summed E-state index contributed by atoms with van der Waals surface area (Å²) in [4.78, 5) is 63.9. The van der Waals surface area contributed by atoms with Crippen LogP contribution in [0.1, 0.15) is 64.1 Å². The highest BCUT2D eigenvalue weighted by Gasteiger charge is 2.24. The quantitative estimate of drug-likeness (QED) is 0.0702. The minimum atomic E-state index is -0.637. The number of nitrogens with zero attached hydrogens (tertiary/aromatic N) is 8. The highest BCUT2D eigenvalue weighted by molar-refractivity contribution is 6.04. The van der Waals surface area contributed by atoms with E-state index in [9.17, 15) is 19.2 Å². The van der Waals surface area contributed by atoms with Gasteiger partial charge in [-0.1, -0.05) is 26.0 Å². The maximum absolute atomic E-state index is 13.7. The van der Waals surface area contributed by atoms with Crippen molar-refractivity contribution in [1.29, 1.82) is 0 Å². The molecular formula is C40H51N11O6. The first-order valence-electron chi connectivity index (χ1n) is 19.2. The average Bonchev–Trinajstić information content (AvgIpc) is 3.89. The third kappa shape index (κ3) is 8.77. The smallest absolute Gasteiger partial charge is 0.276 e. The fourth-order valence-electron chi connectivity index (χ4n) is 7.12. The van der Waals surface area contributed by atoms with Gasteiger partial charge >= 0.3 is 0 Å². The molecule has 4 N–H and O–H groups in total. The van der Waals surface area contributed by atoms with E-state index in [0.29, 0.717) is 90.2 Å². The lowest BCUT2D eigenvalue weighted by Gasteiger charge is -2.35. The molecule has 0 radical (unpaired) electrons. The number of nitrogens with one attached hydrogen (secondary N) is 2. The van der Waals surface area contributed by atoms with Crippen LogP contribution < -0.4 is 25.8 Å². The number of carbonyl (C=O) groups is 4. The van der Waals surface area contributed by atoms with Crippen molar-refractivity contribution >= 4 is 58.0 Å². The van der Waals surface area contributed by atoms with Gasteiger partial charge in [0, 0.05) is 76.5 Å². The van der Waals surface area contributed by atoms with Gasteiger partial charge in [0.2, 0.25) is 23.7 Å². The zero-order valence-electron chi connectivity index (χ0n) is 33.4. The van der Waals surface area contributed by atoms with Crippen LogP contribution in [0.4, 0.5) is 11.9 Å². The number of imidazole rings is 2. The number of rotatable bonds is 17. The molecule has 0 saturated carbocycles. The zero-order valence-corrected chi connectivity index (χ0v) is 33.4. The van der Waals surface area contributed by atoms with Gasteiger partial charge < -0.3 is 34.6 Å². The third-order valence-corrected chi connectivity index (χ3v) is 9.96. The number of hydrogen-bond donors (Lipinski definition) is 3. The Kier molecular flexibility index (Phi) is 12.6. The van der Waals surface area contributed by atoms with Gasteiger partial charge in [0.05, 0.1) is 30.4 Å². The second-order valence-electron chi connectivity index (χ2n) is 14.2. The molecule has 1 aliphatic heterocycles. The number of aromatic nitrogens is 6. The van der Waals surface area contributed by atoms with Gasteiger partial charge in [-0.05, 0) is 50.6 Å². The molecule has 1 aliphatic rings. The summed E-state index contributed by atoms with van der Waals surface area (Å²) in [6.45, 7) is 12.8. The van der Waals surface area contributed by atoms with E-state index in [1.165, 1.54) is 0 Å². The van der Waals surface area contributed by atoms with Crippen LogP contribution in [0, 0.1) is 12.8 Å². The number of ether oxygens (including phenoxy) is 2. The Morgan fingerprint density at radius 2 is 1.60 bits per heavy atom. The number of carbonyl (C=O) groups excluding carboxylic acids is 4. The van der Waals surface area contributed by atoms with Crippen LogP contribution in [0.5, 0.6) is 11.5 Å². The summed E-state index contributed by atoms with van der Waals surface area (Å²) in [5.41, 5.74) is 9.86. The van der Waals surface area contributed by atoms with Gasteiger partial charge in [-0.3, -0.25) is 34.1 Å². The summed E-state index contributed by atoms with van der Waals surface area (Å²) in [6, 6.07) is 8.31.